The van der Waals surface area contributed by atoms with Gasteiger partial charge in [0.25, 0.3) is 0 Å². The van der Waals surface area contributed by atoms with Crippen molar-refractivity contribution in [3.05, 3.63) is 35.9 Å². The molecule has 3 nitrogen and oxygen atoms in total. The first-order valence-electron chi connectivity index (χ1n) is 7.92. The molecule has 1 aliphatic carbocycles. The molecule has 2 aliphatic rings. The van der Waals surface area contributed by atoms with Crippen molar-refractivity contribution in [3.63, 3.8) is 0 Å². The maximum atomic E-state index is 6.57. The Morgan fingerprint density at radius 1 is 1.24 bits per heavy atom. The molecule has 4 heteroatoms. The number of hydrogen-bond donors (Lipinski definition) is 1. The minimum atomic E-state index is -0.170. The molecule has 0 aromatic heterocycles. The summed E-state index contributed by atoms with van der Waals surface area (Å²) in [6.45, 7) is 0.671. The number of benzene rings is 1. The molecule has 114 valence electrons. The second-order valence-electron chi connectivity index (χ2n) is 5.93. The van der Waals surface area contributed by atoms with Crippen LogP contribution in [0.3, 0.4) is 0 Å². The highest BCUT2D eigenvalue weighted by Crippen LogP contribution is 2.54. The zero-order valence-corrected chi connectivity index (χ0v) is 13.2. The Labute approximate surface area is 131 Å². The summed E-state index contributed by atoms with van der Waals surface area (Å²) in [4.78, 5) is 4.00. The van der Waals surface area contributed by atoms with Gasteiger partial charge < -0.3 is 10.5 Å². The smallest absolute Gasteiger partial charge is 0.142 e. The molecule has 2 fully saturated rings. The van der Waals surface area contributed by atoms with Crippen molar-refractivity contribution in [1.82, 2.24) is 0 Å². The summed E-state index contributed by atoms with van der Waals surface area (Å²) in [6.07, 6.45) is 8.13. The van der Waals surface area contributed by atoms with Crippen LogP contribution in [0.25, 0.3) is 0 Å². The van der Waals surface area contributed by atoms with Crippen molar-refractivity contribution in [2.24, 2.45) is 16.6 Å². The van der Waals surface area contributed by atoms with Crippen LogP contribution in [-0.4, -0.2) is 24.7 Å². The molecule has 3 rings (SSSR count). The molecule has 0 radical (unpaired) electrons. The predicted molar refractivity (Wildman–Crippen MR) is 89.6 cm³/mol. The number of nitrogens with two attached hydrogens (primary N) is 1. The van der Waals surface area contributed by atoms with E-state index in [9.17, 15) is 0 Å². The van der Waals surface area contributed by atoms with Crippen molar-refractivity contribution in [2.45, 2.75) is 43.1 Å². The van der Waals surface area contributed by atoms with Gasteiger partial charge in [-0.3, -0.25) is 4.99 Å². The van der Waals surface area contributed by atoms with Crippen molar-refractivity contribution in [2.75, 3.05) is 12.3 Å². The normalized spacial score (nSPS) is 31.0. The van der Waals surface area contributed by atoms with Crippen LogP contribution in [0.2, 0.25) is 0 Å². The Balaban J connectivity index is 1.85. The summed E-state index contributed by atoms with van der Waals surface area (Å²) in [6, 6.07) is 10.8. The van der Waals surface area contributed by atoms with Crippen molar-refractivity contribution >= 4 is 18.1 Å². The first-order chi connectivity index (χ1) is 10.3. The fraction of sp³-hybridized carbons (Fsp3) is 0.588. The lowest BCUT2D eigenvalue weighted by Gasteiger charge is -2.39. The zero-order chi connectivity index (χ0) is 14.5. The number of hydrogen-bond acceptors (Lipinski definition) is 3. The fourth-order valence-corrected chi connectivity index (χ4v) is 5.14. The van der Waals surface area contributed by atoms with Crippen LogP contribution in [0.1, 0.15) is 37.7 Å². The van der Waals surface area contributed by atoms with Gasteiger partial charge >= 0.3 is 0 Å². The molecule has 0 bridgehead atoms. The third-order valence-electron chi connectivity index (χ3n) is 4.56. The standard InChI is InChI=1S/C17H24N2OS/c18-13-19-11-16-12-21-17(20-16,14-7-3-1-4-8-14)15-9-5-2-6-10-15/h1,3-4,7-8,13,15-16H,2,5-6,9-12H2,(H2,18,19)/t16-,17+/m1/s1. The molecule has 0 spiro atoms. The molecule has 2 N–H and O–H groups in total. The van der Waals surface area contributed by atoms with E-state index in [1.54, 1.807) is 0 Å². The Morgan fingerprint density at radius 3 is 2.71 bits per heavy atom. The third-order valence-corrected chi connectivity index (χ3v) is 6.19. The van der Waals surface area contributed by atoms with Crippen LogP contribution in [0, 0.1) is 5.92 Å². The van der Waals surface area contributed by atoms with E-state index in [4.69, 9.17) is 10.5 Å². The van der Waals surface area contributed by atoms with E-state index in [-0.39, 0.29) is 11.0 Å². The van der Waals surface area contributed by atoms with Crippen molar-refractivity contribution < 1.29 is 4.74 Å². The molecule has 21 heavy (non-hydrogen) atoms. The molecule has 1 aromatic rings. The van der Waals surface area contributed by atoms with Gasteiger partial charge in [-0.1, -0.05) is 49.6 Å². The Bertz CT molecular complexity index is 473. The molecule has 1 aliphatic heterocycles. The Morgan fingerprint density at radius 2 is 2.00 bits per heavy atom. The quantitative estimate of drug-likeness (QED) is 0.683. The van der Waals surface area contributed by atoms with E-state index in [2.05, 4.69) is 35.3 Å². The first kappa shape index (κ1) is 14.9. The minimum Gasteiger partial charge on any atom is -0.390 e. The molecule has 2 atom stereocenters. The number of thioether (sulfide) groups is 1. The van der Waals surface area contributed by atoms with Gasteiger partial charge in [0.05, 0.1) is 19.0 Å². The van der Waals surface area contributed by atoms with E-state index in [1.807, 2.05) is 11.8 Å². The summed E-state index contributed by atoms with van der Waals surface area (Å²) >= 11 is 1.97. The Kier molecular flexibility index (Phi) is 4.86. The number of rotatable bonds is 4. The maximum absolute atomic E-state index is 6.57. The minimum absolute atomic E-state index is 0.170. The molecule has 1 heterocycles. The highest BCUT2D eigenvalue weighted by atomic mass is 32.2. The lowest BCUT2D eigenvalue weighted by Crippen LogP contribution is -2.35. The van der Waals surface area contributed by atoms with Gasteiger partial charge in [0.15, 0.2) is 0 Å². The van der Waals surface area contributed by atoms with Gasteiger partial charge in [0, 0.05) is 11.7 Å². The molecule has 1 saturated carbocycles. The summed E-state index contributed by atoms with van der Waals surface area (Å²) in [5.41, 5.74) is 6.69. The van der Waals surface area contributed by atoms with E-state index in [0.717, 1.165) is 5.75 Å². The van der Waals surface area contributed by atoms with E-state index >= 15 is 0 Å². The van der Waals surface area contributed by atoms with E-state index < -0.39 is 0 Å². The molecular formula is C17H24N2OS. The number of aliphatic imine (C=N–C) groups is 1. The van der Waals surface area contributed by atoms with Crippen LogP contribution in [0.15, 0.2) is 35.3 Å². The largest absolute Gasteiger partial charge is 0.390 e. The highest BCUT2D eigenvalue weighted by Gasteiger charge is 2.48. The van der Waals surface area contributed by atoms with E-state index in [0.29, 0.717) is 12.5 Å². The fourth-order valence-electron chi connectivity index (χ4n) is 3.56. The van der Waals surface area contributed by atoms with Crippen LogP contribution in [0.5, 0.6) is 0 Å². The monoisotopic (exact) mass is 304 g/mol. The summed E-state index contributed by atoms with van der Waals surface area (Å²) in [5.74, 6) is 1.62. The summed E-state index contributed by atoms with van der Waals surface area (Å²) in [5, 5.41) is 0. The average molecular weight is 304 g/mol. The van der Waals surface area contributed by atoms with Crippen LogP contribution < -0.4 is 5.73 Å². The molecule has 0 amide bonds. The van der Waals surface area contributed by atoms with Gasteiger partial charge in [-0.05, 0) is 18.4 Å². The molecule has 0 unspecified atom stereocenters. The topological polar surface area (TPSA) is 47.6 Å². The average Bonchev–Trinajstić information content (AvgIpc) is 3.00. The van der Waals surface area contributed by atoms with Gasteiger partial charge in [-0.2, -0.15) is 0 Å². The van der Waals surface area contributed by atoms with Gasteiger partial charge in [0.2, 0.25) is 0 Å². The highest BCUT2D eigenvalue weighted by molar-refractivity contribution is 8.00. The lowest BCUT2D eigenvalue weighted by molar-refractivity contribution is -0.0517. The van der Waals surface area contributed by atoms with Gasteiger partial charge in [-0.25, -0.2) is 0 Å². The van der Waals surface area contributed by atoms with Crippen molar-refractivity contribution in [3.8, 4) is 0 Å². The SMILES string of the molecule is NC=NC[C@@H]1CS[C@@](c2ccccc2)(C2CCCCC2)O1. The molecule has 1 aromatic carbocycles. The van der Waals surface area contributed by atoms with Crippen LogP contribution in [0.4, 0.5) is 0 Å². The number of nitrogens with zero attached hydrogens (tertiary/aromatic N) is 1. The third kappa shape index (κ3) is 3.11. The molecular weight excluding hydrogens is 280 g/mol. The van der Waals surface area contributed by atoms with Crippen LogP contribution in [-0.2, 0) is 9.67 Å². The van der Waals surface area contributed by atoms with Gasteiger partial charge in [-0.15, -0.1) is 11.8 Å². The van der Waals surface area contributed by atoms with Crippen molar-refractivity contribution in [1.29, 1.82) is 0 Å². The summed E-state index contributed by atoms with van der Waals surface area (Å²) < 4.78 is 6.57. The van der Waals surface area contributed by atoms with Gasteiger partial charge in [0.1, 0.15) is 4.93 Å². The summed E-state index contributed by atoms with van der Waals surface area (Å²) in [7, 11) is 0. The maximum Gasteiger partial charge on any atom is 0.142 e. The first-order valence-corrected chi connectivity index (χ1v) is 8.91. The lowest BCUT2D eigenvalue weighted by atomic mass is 9.82. The predicted octanol–water partition coefficient (Wildman–Crippen LogP) is 3.54. The second-order valence-corrected chi connectivity index (χ2v) is 7.16. The Hall–Kier alpha value is -1.00. The second kappa shape index (κ2) is 6.84. The van der Waals surface area contributed by atoms with E-state index in [1.165, 1.54) is 44.0 Å². The molecule has 1 saturated heterocycles. The number of ether oxygens (including phenoxy) is 1. The zero-order valence-electron chi connectivity index (χ0n) is 12.4. The van der Waals surface area contributed by atoms with Crippen LogP contribution >= 0.6 is 11.8 Å².